The molecule has 0 radical (unpaired) electrons. The smallest absolute Gasteiger partial charge is 0.375 e. The summed E-state index contributed by atoms with van der Waals surface area (Å²) in [5, 5.41) is 9.80. The van der Waals surface area contributed by atoms with Crippen molar-refractivity contribution in [1.82, 2.24) is 3.53 Å². The molecule has 2 amide bonds. The van der Waals surface area contributed by atoms with E-state index in [2.05, 4.69) is 3.53 Å². The second kappa shape index (κ2) is 4.47. The van der Waals surface area contributed by atoms with Gasteiger partial charge in [-0.05, 0) is 18.2 Å². The molecule has 0 saturated heterocycles. The number of fused-ring (bicyclic) bond motifs is 1. The van der Waals surface area contributed by atoms with Crippen molar-refractivity contribution in [3.63, 3.8) is 0 Å². The van der Waals surface area contributed by atoms with E-state index in [1.165, 1.54) is 22.9 Å². The van der Waals surface area contributed by atoms with Crippen LogP contribution in [0.4, 0.5) is 28.0 Å². The van der Waals surface area contributed by atoms with Crippen LogP contribution in [-0.2, 0) is 5.60 Å². The number of benzene rings is 1. The summed E-state index contributed by atoms with van der Waals surface area (Å²) in [7, 11) is 0. The highest BCUT2D eigenvalue weighted by molar-refractivity contribution is 14.1. The molecule has 0 saturated carbocycles. The number of nitrogens with one attached hydrogen (secondary N) is 1. The number of anilines is 1. The van der Waals surface area contributed by atoms with E-state index in [0.717, 1.165) is 12.1 Å². The van der Waals surface area contributed by atoms with Gasteiger partial charge in [-0.15, -0.1) is 0 Å². The molecule has 0 bridgehead atoms. The molecule has 19 heavy (non-hydrogen) atoms. The van der Waals surface area contributed by atoms with Crippen molar-refractivity contribution >= 4 is 34.6 Å². The van der Waals surface area contributed by atoms with Gasteiger partial charge in [-0.25, -0.2) is 9.18 Å². The highest BCUT2D eigenvalue weighted by Crippen LogP contribution is 2.48. The van der Waals surface area contributed by atoms with Crippen molar-refractivity contribution in [1.29, 1.82) is 0 Å². The van der Waals surface area contributed by atoms with Gasteiger partial charge in [0.25, 0.3) is 0 Å². The molecule has 2 rings (SSSR count). The maximum atomic E-state index is 13.1. The van der Waals surface area contributed by atoms with Crippen molar-refractivity contribution in [3.8, 4) is 0 Å². The minimum absolute atomic E-state index is 0.171. The van der Waals surface area contributed by atoms with Crippen molar-refractivity contribution in [3.05, 3.63) is 29.6 Å². The predicted molar refractivity (Wildman–Crippen MR) is 66.2 cm³/mol. The van der Waals surface area contributed by atoms with Gasteiger partial charge in [0.15, 0.2) is 0 Å². The Morgan fingerprint density at radius 2 is 2.11 bits per heavy atom. The Hall–Kier alpha value is -1.10. The van der Waals surface area contributed by atoms with E-state index in [0.29, 0.717) is 11.0 Å². The Morgan fingerprint density at radius 1 is 1.47 bits per heavy atom. The Kier molecular flexibility index (Phi) is 3.37. The Morgan fingerprint density at radius 3 is 2.63 bits per heavy atom. The summed E-state index contributed by atoms with van der Waals surface area (Å²) >= 11 is 1.46. The summed E-state index contributed by atoms with van der Waals surface area (Å²) < 4.78 is 54.1. The predicted octanol–water partition coefficient (Wildman–Crippen LogP) is 2.46. The monoisotopic (exact) mass is 390 g/mol. The normalized spacial score (nSPS) is 22.3. The zero-order valence-corrected chi connectivity index (χ0v) is 11.3. The molecule has 0 aliphatic carbocycles. The van der Waals surface area contributed by atoms with Crippen LogP contribution >= 0.6 is 22.9 Å². The number of hydrogen-bond acceptors (Lipinski definition) is 2. The molecule has 0 aromatic heterocycles. The van der Waals surface area contributed by atoms with Crippen LogP contribution in [0, 0.1) is 5.82 Å². The number of amides is 2. The van der Waals surface area contributed by atoms with E-state index in [1.54, 1.807) is 0 Å². The van der Waals surface area contributed by atoms with E-state index >= 15 is 0 Å². The summed E-state index contributed by atoms with van der Waals surface area (Å²) in [6.45, 7) is -1.01. The maximum Gasteiger partial charge on any atom is 0.423 e. The molecule has 4 nitrogen and oxygen atoms in total. The lowest BCUT2D eigenvalue weighted by Gasteiger charge is -2.26. The molecule has 1 heterocycles. The van der Waals surface area contributed by atoms with Gasteiger partial charge in [0, 0.05) is 5.56 Å². The summed E-state index contributed by atoms with van der Waals surface area (Å²) in [4.78, 5) is 12.2. The van der Waals surface area contributed by atoms with Gasteiger partial charge in [-0.3, -0.25) is 8.43 Å². The van der Waals surface area contributed by atoms with Crippen LogP contribution in [0.25, 0.3) is 0 Å². The fourth-order valence-corrected chi connectivity index (χ4v) is 2.24. The fourth-order valence-electron chi connectivity index (χ4n) is 1.95. The first kappa shape index (κ1) is 14.3. The third-order valence-corrected chi connectivity index (χ3v) is 3.34. The molecule has 0 spiro atoms. The maximum absolute atomic E-state index is 13.1. The van der Waals surface area contributed by atoms with Gasteiger partial charge in [-0.2, -0.15) is 13.2 Å². The number of β-amino-alcohol motifs (C(OH)–C–C–N with tert-alkyl or cyclic N) is 1. The van der Waals surface area contributed by atoms with Crippen LogP contribution in [0.1, 0.15) is 5.56 Å². The minimum atomic E-state index is -5.02. The number of carbonyl (C=O) groups excluding carboxylic acids is 1. The topological polar surface area (TPSA) is 52.6 Å². The average molecular weight is 390 g/mol. The zero-order valence-electron chi connectivity index (χ0n) is 9.13. The lowest BCUT2D eigenvalue weighted by molar-refractivity contribution is -0.258. The lowest BCUT2D eigenvalue weighted by atomic mass is 9.95. The van der Waals surface area contributed by atoms with E-state index in [-0.39, 0.29) is 5.69 Å². The molecule has 104 valence electrons. The molecule has 1 aromatic rings. The summed E-state index contributed by atoms with van der Waals surface area (Å²) in [5.74, 6) is -0.918. The molecular weight excluding hydrogens is 383 g/mol. The van der Waals surface area contributed by atoms with Crippen LogP contribution < -0.4 is 8.43 Å². The Labute approximate surface area is 118 Å². The number of hydrogen-bond donors (Lipinski definition) is 2. The number of alkyl halides is 3. The number of rotatable bonds is 0. The number of aliphatic hydroxyl groups is 1. The largest absolute Gasteiger partial charge is 0.423 e. The summed E-state index contributed by atoms with van der Waals surface area (Å²) in [6.07, 6.45) is -5.02. The number of halogens is 5. The number of carbonyl (C=O) groups is 1. The second-order valence-electron chi connectivity index (χ2n) is 4.01. The van der Waals surface area contributed by atoms with Crippen molar-refractivity contribution in [2.45, 2.75) is 11.8 Å². The van der Waals surface area contributed by atoms with Gasteiger partial charge in [0.1, 0.15) is 5.82 Å². The van der Waals surface area contributed by atoms with Crippen LogP contribution in [0.15, 0.2) is 18.2 Å². The molecule has 1 aliphatic heterocycles. The van der Waals surface area contributed by atoms with E-state index in [1.807, 2.05) is 0 Å². The molecule has 0 unspecified atom stereocenters. The van der Waals surface area contributed by atoms with Gasteiger partial charge in [0.2, 0.25) is 5.60 Å². The summed E-state index contributed by atoms with van der Waals surface area (Å²) in [5.41, 5.74) is -4.11. The highest BCUT2D eigenvalue weighted by atomic mass is 127. The van der Waals surface area contributed by atoms with Gasteiger partial charge >= 0.3 is 12.2 Å². The van der Waals surface area contributed by atoms with E-state index in [4.69, 9.17) is 0 Å². The van der Waals surface area contributed by atoms with E-state index < -0.39 is 35.7 Å². The van der Waals surface area contributed by atoms with Gasteiger partial charge in [-0.1, -0.05) is 0 Å². The minimum Gasteiger partial charge on any atom is -0.375 e. The molecule has 0 fully saturated rings. The number of urea groups is 1. The van der Waals surface area contributed by atoms with Gasteiger partial charge < -0.3 is 5.11 Å². The van der Waals surface area contributed by atoms with Crippen LogP contribution in [0.3, 0.4) is 0 Å². The summed E-state index contributed by atoms with van der Waals surface area (Å²) in [6, 6.07) is 1.71. The molecule has 1 atom stereocenters. The Bertz CT molecular complexity index is 537. The van der Waals surface area contributed by atoms with Crippen LogP contribution in [0.5, 0.6) is 0 Å². The Balaban J connectivity index is 2.61. The molecule has 1 aliphatic rings. The van der Waals surface area contributed by atoms with Crippen molar-refractivity contribution in [2.24, 2.45) is 0 Å². The SMILES string of the molecule is O=C(NI)N1C[C@](O)(C(F)(F)F)c2cc(F)ccc21. The van der Waals surface area contributed by atoms with Gasteiger partial charge in [0.05, 0.1) is 35.1 Å². The zero-order chi connectivity index (χ0) is 14.4. The highest BCUT2D eigenvalue weighted by Gasteiger charge is 2.61. The first-order valence-electron chi connectivity index (χ1n) is 4.98. The molecule has 2 N–H and O–H groups in total. The van der Waals surface area contributed by atoms with E-state index in [9.17, 15) is 27.5 Å². The van der Waals surface area contributed by atoms with Crippen LogP contribution in [-0.4, -0.2) is 23.9 Å². The van der Waals surface area contributed by atoms with Crippen molar-refractivity contribution in [2.75, 3.05) is 11.4 Å². The standard InChI is InChI=1S/C10H7F4IN2O2/c11-5-1-2-7-6(3-5)9(19,10(12,13)14)4-17(7)8(18)16-15/h1-3,19H,4H2,(H,16,18)/t9-/m1/s1. The fraction of sp³-hybridized carbons (Fsp3) is 0.300. The quantitative estimate of drug-likeness (QED) is 0.407. The molecule has 9 heteroatoms. The molecule has 1 aromatic carbocycles. The molecular formula is C10H7F4IN2O2. The van der Waals surface area contributed by atoms with Crippen molar-refractivity contribution < 1.29 is 27.5 Å². The third kappa shape index (κ3) is 2.14. The lowest BCUT2D eigenvalue weighted by Crippen LogP contribution is -2.48. The second-order valence-corrected chi connectivity index (χ2v) is 4.54. The van der Waals surface area contributed by atoms with Crippen LogP contribution in [0.2, 0.25) is 0 Å². The third-order valence-electron chi connectivity index (χ3n) is 2.88. The first-order valence-corrected chi connectivity index (χ1v) is 6.06. The first-order chi connectivity index (χ1) is 8.70. The average Bonchev–Trinajstić information content (AvgIpc) is 2.62. The number of nitrogens with zero attached hydrogens (tertiary/aromatic N) is 1.